The third kappa shape index (κ3) is 4.46. The van der Waals surface area contributed by atoms with Gasteiger partial charge in [-0.1, -0.05) is 24.3 Å². The lowest BCUT2D eigenvalue weighted by atomic mass is 10.0. The summed E-state index contributed by atoms with van der Waals surface area (Å²) in [6.45, 7) is 2.85. The van der Waals surface area contributed by atoms with Gasteiger partial charge in [0.25, 0.3) is 0 Å². The Labute approximate surface area is 197 Å². The van der Waals surface area contributed by atoms with E-state index in [1.54, 1.807) is 29.4 Å². The molecule has 2 aliphatic rings. The first kappa shape index (κ1) is 21.6. The molecule has 3 aromatic rings. The van der Waals surface area contributed by atoms with E-state index in [0.29, 0.717) is 44.7 Å². The number of amides is 2. The van der Waals surface area contributed by atoms with Gasteiger partial charge in [0, 0.05) is 44.7 Å². The Morgan fingerprint density at radius 1 is 1.09 bits per heavy atom. The number of rotatable bonds is 4. The molecule has 1 aromatic heterocycles. The summed E-state index contributed by atoms with van der Waals surface area (Å²) in [5, 5.41) is 12.1. The Bertz CT molecular complexity index is 1290. The molecule has 0 radical (unpaired) electrons. The number of piperazine rings is 1. The van der Waals surface area contributed by atoms with Crippen LogP contribution in [0.5, 0.6) is 0 Å². The minimum absolute atomic E-state index is 0.128. The van der Waals surface area contributed by atoms with Crippen molar-refractivity contribution >= 4 is 23.5 Å². The first-order valence-electron chi connectivity index (χ1n) is 11.2. The first-order valence-corrected chi connectivity index (χ1v) is 11.2. The van der Waals surface area contributed by atoms with Crippen LogP contribution in [0.3, 0.4) is 0 Å². The zero-order valence-corrected chi connectivity index (χ0v) is 18.5. The molecule has 0 atom stereocenters. The van der Waals surface area contributed by atoms with Crippen LogP contribution in [0, 0.1) is 17.1 Å². The van der Waals surface area contributed by atoms with Crippen molar-refractivity contribution in [3.8, 4) is 6.07 Å². The second-order valence-corrected chi connectivity index (χ2v) is 8.36. The van der Waals surface area contributed by atoms with Gasteiger partial charge in [-0.2, -0.15) is 5.26 Å². The molecule has 34 heavy (non-hydrogen) atoms. The van der Waals surface area contributed by atoms with Gasteiger partial charge in [0.05, 0.1) is 17.3 Å². The molecule has 0 unspecified atom stereocenters. The van der Waals surface area contributed by atoms with E-state index in [2.05, 4.69) is 32.3 Å². The molecule has 170 valence electrons. The largest absolute Gasteiger partial charge is 0.352 e. The molecule has 1 fully saturated rings. The Balaban J connectivity index is 1.24. The van der Waals surface area contributed by atoms with Gasteiger partial charge in [-0.25, -0.2) is 19.2 Å². The number of nitrogens with one attached hydrogen (secondary N) is 1. The fourth-order valence-electron chi connectivity index (χ4n) is 4.35. The lowest BCUT2D eigenvalue weighted by Crippen LogP contribution is -2.52. The van der Waals surface area contributed by atoms with Crippen LogP contribution in [0.2, 0.25) is 0 Å². The lowest BCUT2D eigenvalue weighted by Gasteiger charge is -2.36. The number of carbonyl (C=O) groups is 1. The van der Waals surface area contributed by atoms with E-state index in [1.807, 2.05) is 18.2 Å². The maximum atomic E-state index is 13.1. The van der Waals surface area contributed by atoms with Crippen molar-refractivity contribution in [3.63, 3.8) is 0 Å². The number of anilines is 1. The zero-order valence-electron chi connectivity index (χ0n) is 18.5. The van der Waals surface area contributed by atoms with Crippen LogP contribution in [-0.4, -0.2) is 47.1 Å². The van der Waals surface area contributed by atoms with E-state index in [0.717, 1.165) is 33.8 Å². The Morgan fingerprint density at radius 2 is 1.88 bits per heavy atom. The highest BCUT2D eigenvalue weighted by Crippen LogP contribution is 2.35. The van der Waals surface area contributed by atoms with E-state index in [-0.39, 0.29) is 11.8 Å². The van der Waals surface area contributed by atoms with E-state index >= 15 is 0 Å². The second-order valence-electron chi connectivity index (χ2n) is 8.36. The Hall–Kier alpha value is -4.25. The van der Waals surface area contributed by atoms with E-state index in [9.17, 15) is 14.4 Å². The SMILES string of the molecule is N#Cc1cccc(C2=Cc3c(ncnc3N3CCN(C(=O)NCc4ccc(F)cc4)CC3)C2)c1. The van der Waals surface area contributed by atoms with Gasteiger partial charge >= 0.3 is 6.03 Å². The average Bonchev–Trinajstić information content (AvgIpc) is 3.33. The number of fused-ring (bicyclic) bond motifs is 1. The number of aromatic nitrogens is 2. The quantitative estimate of drug-likeness (QED) is 0.651. The number of nitrogens with zero attached hydrogens (tertiary/aromatic N) is 5. The molecule has 2 heterocycles. The lowest BCUT2D eigenvalue weighted by molar-refractivity contribution is 0.194. The van der Waals surface area contributed by atoms with Crippen molar-refractivity contribution in [2.75, 3.05) is 31.1 Å². The standard InChI is InChI=1S/C26H23FN6O/c27-22-6-4-18(5-7-22)16-29-26(34)33-10-8-32(9-11-33)25-23-13-21(14-24(23)30-17-31-25)20-3-1-2-19(12-20)15-28/h1-7,12-13,17H,8-11,14,16H2,(H,29,34). The van der Waals surface area contributed by atoms with Gasteiger partial charge in [-0.15, -0.1) is 0 Å². The summed E-state index contributed by atoms with van der Waals surface area (Å²) in [5.74, 6) is 0.586. The molecule has 2 amide bonds. The van der Waals surface area contributed by atoms with Crippen LogP contribution >= 0.6 is 0 Å². The molecule has 8 heteroatoms. The summed E-state index contributed by atoms with van der Waals surface area (Å²) < 4.78 is 13.1. The van der Waals surface area contributed by atoms with Gasteiger partial charge < -0.3 is 15.1 Å². The van der Waals surface area contributed by atoms with Gasteiger partial charge in [0.1, 0.15) is 18.0 Å². The number of nitriles is 1. The predicted octanol–water partition coefficient (Wildman–Crippen LogP) is 3.62. The van der Waals surface area contributed by atoms with Crippen LogP contribution in [-0.2, 0) is 13.0 Å². The summed E-state index contributed by atoms with van der Waals surface area (Å²) in [6, 6.07) is 15.8. The third-order valence-corrected chi connectivity index (χ3v) is 6.21. The fourth-order valence-corrected chi connectivity index (χ4v) is 4.35. The second kappa shape index (κ2) is 9.32. The van der Waals surface area contributed by atoms with Crippen molar-refractivity contribution < 1.29 is 9.18 Å². The van der Waals surface area contributed by atoms with Gasteiger partial charge in [-0.3, -0.25) is 0 Å². The summed E-state index contributed by atoms with van der Waals surface area (Å²) >= 11 is 0. The molecular formula is C26H23FN6O. The van der Waals surface area contributed by atoms with Gasteiger partial charge in [0.15, 0.2) is 0 Å². The molecule has 1 N–H and O–H groups in total. The predicted molar refractivity (Wildman–Crippen MR) is 127 cm³/mol. The summed E-state index contributed by atoms with van der Waals surface area (Å²) in [6.07, 6.45) is 4.41. The summed E-state index contributed by atoms with van der Waals surface area (Å²) in [4.78, 5) is 25.6. The zero-order chi connectivity index (χ0) is 23.5. The van der Waals surface area contributed by atoms with Crippen molar-refractivity contribution in [1.29, 1.82) is 5.26 Å². The van der Waals surface area contributed by atoms with Crippen LogP contribution in [0.15, 0.2) is 54.9 Å². The van der Waals surface area contributed by atoms with Crippen molar-refractivity contribution in [2.24, 2.45) is 0 Å². The van der Waals surface area contributed by atoms with Crippen LogP contribution in [0.25, 0.3) is 11.6 Å². The number of hydrogen-bond donors (Lipinski definition) is 1. The topological polar surface area (TPSA) is 85.2 Å². The number of halogens is 1. The number of allylic oxidation sites excluding steroid dienone is 1. The molecule has 7 nitrogen and oxygen atoms in total. The molecular weight excluding hydrogens is 431 g/mol. The normalized spacial score (nSPS) is 14.9. The van der Waals surface area contributed by atoms with Crippen LogP contribution in [0.1, 0.15) is 27.9 Å². The molecule has 1 aliphatic carbocycles. The van der Waals surface area contributed by atoms with Crippen molar-refractivity contribution in [3.05, 3.63) is 88.6 Å². The fraction of sp³-hybridized carbons (Fsp3) is 0.231. The minimum Gasteiger partial charge on any atom is -0.352 e. The highest BCUT2D eigenvalue weighted by molar-refractivity contribution is 5.91. The van der Waals surface area contributed by atoms with E-state index in [4.69, 9.17) is 0 Å². The molecule has 5 rings (SSSR count). The molecule has 1 saturated heterocycles. The Kier molecular flexibility index (Phi) is 5.91. The smallest absolute Gasteiger partial charge is 0.317 e. The molecule has 0 bridgehead atoms. The highest BCUT2D eigenvalue weighted by atomic mass is 19.1. The number of hydrogen-bond acceptors (Lipinski definition) is 5. The van der Waals surface area contributed by atoms with E-state index in [1.165, 1.54) is 12.1 Å². The maximum absolute atomic E-state index is 13.1. The van der Waals surface area contributed by atoms with Gasteiger partial charge in [0.2, 0.25) is 0 Å². The highest BCUT2D eigenvalue weighted by Gasteiger charge is 2.26. The van der Waals surface area contributed by atoms with Crippen molar-refractivity contribution in [2.45, 2.75) is 13.0 Å². The first-order chi connectivity index (χ1) is 16.6. The number of benzene rings is 2. The summed E-state index contributed by atoms with van der Waals surface area (Å²) in [7, 11) is 0. The molecule has 0 spiro atoms. The number of carbonyl (C=O) groups excluding carboxylic acids is 1. The van der Waals surface area contributed by atoms with Crippen LogP contribution in [0.4, 0.5) is 15.0 Å². The van der Waals surface area contributed by atoms with Gasteiger partial charge in [-0.05, 0) is 47.0 Å². The average molecular weight is 455 g/mol. The molecule has 0 saturated carbocycles. The van der Waals surface area contributed by atoms with E-state index < -0.39 is 0 Å². The molecule has 1 aliphatic heterocycles. The third-order valence-electron chi connectivity index (χ3n) is 6.21. The number of urea groups is 1. The monoisotopic (exact) mass is 454 g/mol. The summed E-state index contributed by atoms with van der Waals surface area (Å²) in [5.41, 5.74) is 5.61. The molecule has 2 aromatic carbocycles. The maximum Gasteiger partial charge on any atom is 0.317 e. The van der Waals surface area contributed by atoms with Crippen molar-refractivity contribution in [1.82, 2.24) is 20.2 Å². The van der Waals surface area contributed by atoms with Crippen LogP contribution < -0.4 is 10.2 Å². The Morgan fingerprint density at radius 3 is 2.65 bits per heavy atom. The minimum atomic E-state index is -0.292.